The Hall–Kier alpha value is -1.48. The summed E-state index contributed by atoms with van der Waals surface area (Å²) in [4.78, 5) is 24.2. The zero-order valence-electron chi connectivity index (χ0n) is 16.0. The summed E-state index contributed by atoms with van der Waals surface area (Å²) in [7, 11) is -3.81. The van der Waals surface area contributed by atoms with Gasteiger partial charge in [-0.05, 0) is 50.7 Å². The van der Waals surface area contributed by atoms with E-state index in [0.29, 0.717) is 31.0 Å². The molecular formula is C19H28ClN3O4S. The van der Waals surface area contributed by atoms with Gasteiger partial charge in [0.15, 0.2) is 5.78 Å². The predicted octanol–water partition coefficient (Wildman–Crippen LogP) is 1.71. The summed E-state index contributed by atoms with van der Waals surface area (Å²) in [6, 6.07) is 5.08. The van der Waals surface area contributed by atoms with Gasteiger partial charge in [-0.25, -0.2) is 8.42 Å². The van der Waals surface area contributed by atoms with Crippen molar-refractivity contribution in [1.82, 2.24) is 9.62 Å². The Balaban J connectivity index is 0.00000280. The molecule has 1 aromatic carbocycles. The number of nitrogens with one attached hydrogen (secondary N) is 1. The van der Waals surface area contributed by atoms with Crippen LogP contribution >= 0.6 is 12.4 Å². The molecule has 2 aliphatic rings. The number of rotatable bonds is 7. The minimum Gasteiger partial charge on any atom is -0.353 e. The van der Waals surface area contributed by atoms with Crippen LogP contribution in [0.2, 0.25) is 0 Å². The standard InChI is InChI=1S/C19H27N3O4S.ClH/c1-13(23)14-7-9-16(10-8-14)27(25,26)22-11-3-2-4-18(22)19(24)21-12-17(20)15-5-6-15;/h7-10,15,17-18H,2-6,11-12,20H2,1H3,(H,21,24);1H. The maximum Gasteiger partial charge on any atom is 0.243 e. The molecule has 2 atom stereocenters. The van der Waals surface area contributed by atoms with Crippen molar-refractivity contribution < 1.29 is 18.0 Å². The van der Waals surface area contributed by atoms with Gasteiger partial charge >= 0.3 is 0 Å². The molecule has 1 amide bonds. The first-order valence-corrected chi connectivity index (χ1v) is 10.9. The molecule has 1 aliphatic heterocycles. The first-order chi connectivity index (χ1) is 12.8. The molecule has 2 fully saturated rings. The molecule has 156 valence electrons. The van der Waals surface area contributed by atoms with Crippen LogP contribution in [0, 0.1) is 5.92 Å². The van der Waals surface area contributed by atoms with E-state index in [9.17, 15) is 18.0 Å². The van der Waals surface area contributed by atoms with Crippen molar-refractivity contribution in [3.63, 3.8) is 0 Å². The van der Waals surface area contributed by atoms with Crippen molar-refractivity contribution in [2.24, 2.45) is 11.7 Å². The zero-order chi connectivity index (χ0) is 19.6. The van der Waals surface area contributed by atoms with Crippen LogP contribution in [0.3, 0.4) is 0 Å². The molecule has 1 aliphatic carbocycles. The lowest BCUT2D eigenvalue weighted by Gasteiger charge is -2.34. The Kier molecular flexibility index (Phi) is 7.61. The van der Waals surface area contributed by atoms with Gasteiger partial charge in [-0.2, -0.15) is 4.31 Å². The van der Waals surface area contributed by atoms with Gasteiger partial charge in [0.2, 0.25) is 15.9 Å². The molecule has 1 saturated heterocycles. The van der Waals surface area contributed by atoms with Crippen LogP contribution in [-0.2, 0) is 14.8 Å². The number of amides is 1. The van der Waals surface area contributed by atoms with E-state index in [-0.39, 0.29) is 35.0 Å². The Labute approximate surface area is 172 Å². The van der Waals surface area contributed by atoms with Crippen LogP contribution in [0.25, 0.3) is 0 Å². The minimum absolute atomic E-state index is 0. The molecule has 7 nitrogen and oxygen atoms in total. The average Bonchev–Trinajstić information content (AvgIpc) is 3.51. The predicted molar refractivity (Wildman–Crippen MR) is 109 cm³/mol. The Bertz CT molecular complexity index is 809. The fourth-order valence-electron chi connectivity index (χ4n) is 3.48. The number of carbonyl (C=O) groups is 2. The van der Waals surface area contributed by atoms with Crippen molar-refractivity contribution in [2.75, 3.05) is 13.1 Å². The Morgan fingerprint density at radius 3 is 2.39 bits per heavy atom. The number of piperidine rings is 1. The summed E-state index contributed by atoms with van der Waals surface area (Å²) in [5.74, 6) is 0.0622. The van der Waals surface area contributed by atoms with Gasteiger partial charge in [-0.15, -0.1) is 12.4 Å². The van der Waals surface area contributed by atoms with Crippen LogP contribution in [0.15, 0.2) is 29.2 Å². The summed E-state index contributed by atoms with van der Waals surface area (Å²) < 4.78 is 27.4. The normalized spacial score (nSPS) is 21.4. The molecule has 3 N–H and O–H groups in total. The van der Waals surface area contributed by atoms with Gasteiger partial charge in [-0.3, -0.25) is 9.59 Å². The van der Waals surface area contributed by atoms with E-state index in [0.717, 1.165) is 25.7 Å². The monoisotopic (exact) mass is 429 g/mol. The lowest BCUT2D eigenvalue weighted by molar-refractivity contribution is -0.125. The van der Waals surface area contributed by atoms with E-state index in [1.54, 1.807) is 0 Å². The number of benzene rings is 1. The lowest BCUT2D eigenvalue weighted by atomic mass is 10.0. The van der Waals surface area contributed by atoms with Crippen LogP contribution in [0.5, 0.6) is 0 Å². The molecule has 0 spiro atoms. The summed E-state index contributed by atoms with van der Waals surface area (Å²) in [6.45, 7) is 2.12. The van der Waals surface area contributed by atoms with E-state index in [2.05, 4.69) is 5.32 Å². The highest BCUT2D eigenvalue weighted by Gasteiger charge is 2.38. The number of nitrogens with zero attached hydrogens (tertiary/aromatic N) is 1. The first-order valence-electron chi connectivity index (χ1n) is 9.47. The lowest BCUT2D eigenvalue weighted by Crippen LogP contribution is -2.53. The minimum atomic E-state index is -3.81. The number of halogens is 1. The van der Waals surface area contributed by atoms with Crippen LogP contribution in [0.1, 0.15) is 49.4 Å². The summed E-state index contributed by atoms with van der Waals surface area (Å²) in [6.07, 6.45) is 4.21. The quantitative estimate of drug-likeness (QED) is 0.641. The van der Waals surface area contributed by atoms with Crippen molar-refractivity contribution in [3.8, 4) is 0 Å². The highest BCUT2D eigenvalue weighted by Crippen LogP contribution is 2.31. The molecule has 0 aromatic heterocycles. The number of hydrogen-bond acceptors (Lipinski definition) is 5. The number of ketones is 1. The van der Waals surface area contributed by atoms with E-state index in [1.165, 1.54) is 35.5 Å². The van der Waals surface area contributed by atoms with Gasteiger partial charge in [0.1, 0.15) is 6.04 Å². The third-order valence-corrected chi connectivity index (χ3v) is 7.29. The van der Waals surface area contributed by atoms with Crippen molar-refractivity contribution in [2.45, 2.75) is 56.0 Å². The SMILES string of the molecule is CC(=O)c1ccc(S(=O)(=O)N2CCCCC2C(=O)NCC(N)C2CC2)cc1.Cl. The topological polar surface area (TPSA) is 110 Å². The maximum absolute atomic E-state index is 13.1. The molecule has 2 unspecified atom stereocenters. The molecule has 1 heterocycles. The molecule has 28 heavy (non-hydrogen) atoms. The van der Waals surface area contributed by atoms with E-state index >= 15 is 0 Å². The summed E-state index contributed by atoms with van der Waals surface area (Å²) >= 11 is 0. The molecular weight excluding hydrogens is 402 g/mol. The fraction of sp³-hybridized carbons (Fsp3) is 0.579. The van der Waals surface area contributed by atoms with Gasteiger partial charge in [-0.1, -0.05) is 18.6 Å². The summed E-state index contributed by atoms with van der Waals surface area (Å²) in [5.41, 5.74) is 6.49. The van der Waals surface area contributed by atoms with Gasteiger partial charge < -0.3 is 11.1 Å². The van der Waals surface area contributed by atoms with Crippen molar-refractivity contribution in [3.05, 3.63) is 29.8 Å². The van der Waals surface area contributed by atoms with E-state index < -0.39 is 16.1 Å². The highest BCUT2D eigenvalue weighted by atomic mass is 35.5. The molecule has 0 radical (unpaired) electrons. The smallest absolute Gasteiger partial charge is 0.243 e. The van der Waals surface area contributed by atoms with Crippen LogP contribution in [0.4, 0.5) is 0 Å². The average molecular weight is 430 g/mol. The fourth-order valence-corrected chi connectivity index (χ4v) is 5.14. The first kappa shape index (κ1) is 22.8. The zero-order valence-corrected chi connectivity index (χ0v) is 17.6. The third kappa shape index (κ3) is 5.11. The largest absolute Gasteiger partial charge is 0.353 e. The van der Waals surface area contributed by atoms with Gasteiger partial charge in [0, 0.05) is 24.7 Å². The Morgan fingerprint density at radius 1 is 1.18 bits per heavy atom. The molecule has 9 heteroatoms. The third-order valence-electron chi connectivity index (χ3n) is 5.36. The number of hydrogen-bond donors (Lipinski definition) is 2. The summed E-state index contributed by atoms with van der Waals surface area (Å²) in [5, 5.41) is 2.84. The Morgan fingerprint density at radius 2 is 1.82 bits per heavy atom. The number of nitrogens with two attached hydrogens (primary N) is 1. The molecule has 1 saturated carbocycles. The van der Waals surface area contributed by atoms with Crippen molar-refractivity contribution in [1.29, 1.82) is 0 Å². The molecule has 1 aromatic rings. The number of Topliss-reactive ketones (excluding diaryl/α,β-unsaturated/α-hetero) is 1. The number of sulfonamides is 1. The second kappa shape index (κ2) is 9.35. The van der Waals surface area contributed by atoms with Crippen LogP contribution < -0.4 is 11.1 Å². The highest BCUT2D eigenvalue weighted by molar-refractivity contribution is 7.89. The van der Waals surface area contributed by atoms with Crippen molar-refractivity contribution >= 4 is 34.1 Å². The van der Waals surface area contributed by atoms with Crippen LogP contribution in [-0.4, -0.2) is 49.6 Å². The number of carbonyl (C=O) groups excluding carboxylic acids is 2. The van der Waals surface area contributed by atoms with E-state index in [4.69, 9.17) is 5.73 Å². The second-order valence-electron chi connectivity index (χ2n) is 7.45. The molecule has 0 bridgehead atoms. The second-order valence-corrected chi connectivity index (χ2v) is 9.34. The van der Waals surface area contributed by atoms with Gasteiger partial charge in [0.25, 0.3) is 0 Å². The maximum atomic E-state index is 13.1. The van der Waals surface area contributed by atoms with E-state index in [1.807, 2.05) is 0 Å². The van der Waals surface area contributed by atoms with Gasteiger partial charge in [0.05, 0.1) is 4.90 Å². The molecule has 3 rings (SSSR count).